The number of hydrogen-bond donors (Lipinski definition) is 0. The van der Waals surface area contributed by atoms with Gasteiger partial charge < -0.3 is 0 Å². The molecule has 0 radical (unpaired) electrons. The Bertz CT molecular complexity index is 1800. The van der Waals surface area contributed by atoms with Crippen molar-refractivity contribution in [2.75, 3.05) is 0 Å². The largest absolute Gasteiger partial charge is 0.226 e. The number of nitrogens with zero attached hydrogens (tertiary/aromatic N) is 3. The van der Waals surface area contributed by atoms with Crippen LogP contribution in [0.1, 0.15) is 73.0 Å². The maximum Gasteiger partial charge on any atom is 0.226 e. The third-order valence-electron chi connectivity index (χ3n) is 11.2. The molecule has 4 saturated carbocycles. The van der Waals surface area contributed by atoms with E-state index in [1.54, 1.807) is 0 Å². The Labute approximate surface area is 258 Å². The highest BCUT2D eigenvalue weighted by Crippen LogP contribution is 2.58. The fraction of sp³-hybridized carbons (Fsp3) is 0.308. The molecule has 4 heteroatoms. The SMILES string of the molecule is Clc1nc(-c2ccc3c(c2)C(c2ccccc2)(c2ccccc2)c2ccccc2-3)nc(C23CCC4C[C@H](C[C@@H](C4)C2)C3)n1. The zero-order valence-corrected chi connectivity index (χ0v) is 25.0. The standard InChI is InChI=1S/C39H34ClN3/c40-37-42-35(41-36(43-37)38-18-17-25-19-26(23-38)21-27(20-25)24-38)28-15-16-32-31-13-7-8-14-33(31)39(34(32)22-28,29-9-3-1-4-10-29)30-11-5-2-6-12-30/h1-16,22,25-27H,17-21,23-24H2/t25?,26-,27-,38?/m1/s1. The summed E-state index contributed by atoms with van der Waals surface area (Å²) in [6.07, 6.45) is 9.02. The first-order chi connectivity index (χ1) is 21.1. The van der Waals surface area contributed by atoms with Crippen LogP contribution in [0.4, 0.5) is 0 Å². The minimum Gasteiger partial charge on any atom is -0.212 e. The Morgan fingerprint density at radius 3 is 1.95 bits per heavy atom. The van der Waals surface area contributed by atoms with Crippen molar-refractivity contribution in [3.05, 3.63) is 136 Å². The average molecular weight is 580 g/mol. The average Bonchev–Trinajstić information content (AvgIpc) is 3.18. The van der Waals surface area contributed by atoms with Gasteiger partial charge in [-0.2, -0.15) is 4.98 Å². The minimum absolute atomic E-state index is 0.0327. The summed E-state index contributed by atoms with van der Waals surface area (Å²) in [6, 6.07) is 37.5. The summed E-state index contributed by atoms with van der Waals surface area (Å²) in [4.78, 5) is 14.9. The van der Waals surface area contributed by atoms with Gasteiger partial charge in [-0.25, -0.2) is 9.97 Å². The van der Waals surface area contributed by atoms with Crippen LogP contribution in [0.25, 0.3) is 22.5 Å². The second-order valence-electron chi connectivity index (χ2n) is 13.6. The van der Waals surface area contributed by atoms with Crippen LogP contribution in [0.5, 0.6) is 0 Å². The van der Waals surface area contributed by atoms with Crippen LogP contribution >= 0.6 is 11.6 Å². The van der Waals surface area contributed by atoms with Gasteiger partial charge in [0.15, 0.2) is 5.82 Å². The van der Waals surface area contributed by atoms with Crippen LogP contribution < -0.4 is 0 Å². The van der Waals surface area contributed by atoms with Crippen molar-refractivity contribution in [1.82, 2.24) is 15.0 Å². The van der Waals surface area contributed by atoms with E-state index in [1.165, 1.54) is 78.3 Å². The predicted molar refractivity (Wildman–Crippen MR) is 172 cm³/mol. The van der Waals surface area contributed by atoms with Crippen molar-refractivity contribution in [2.24, 2.45) is 17.8 Å². The van der Waals surface area contributed by atoms with Gasteiger partial charge in [-0.1, -0.05) is 97.1 Å². The van der Waals surface area contributed by atoms with Crippen LogP contribution in [0.2, 0.25) is 5.28 Å². The van der Waals surface area contributed by atoms with E-state index in [1.807, 2.05) is 0 Å². The first-order valence-electron chi connectivity index (χ1n) is 15.9. The summed E-state index contributed by atoms with van der Waals surface area (Å²) in [5.74, 6) is 4.11. The highest BCUT2D eigenvalue weighted by molar-refractivity contribution is 6.28. The van der Waals surface area contributed by atoms with Crippen molar-refractivity contribution >= 4 is 11.6 Å². The molecule has 1 heterocycles. The number of halogens is 1. The number of benzene rings is 4. The molecule has 0 saturated heterocycles. The fourth-order valence-electron chi connectivity index (χ4n) is 9.74. The molecule has 5 aliphatic rings. The maximum atomic E-state index is 6.76. The quantitative estimate of drug-likeness (QED) is 0.209. The van der Waals surface area contributed by atoms with Gasteiger partial charge in [0.2, 0.25) is 5.28 Å². The van der Waals surface area contributed by atoms with E-state index in [9.17, 15) is 0 Å². The molecule has 4 bridgehead atoms. The molecule has 2 atom stereocenters. The Morgan fingerprint density at radius 2 is 1.23 bits per heavy atom. The molecule has 0 unspecified atom stereocenters. The second-order valence-corrected chi connectivity index (χ2v) is 13.9. The zero-order valence-electron chi connectivity index (χ0n) is 24.2. The topological polar surface area (TPSA) is 38.7 Å². The molecule has 43 heavy (non-hydrogen) atoms. The predicted octanol–water partition coefficient (Wildman–Crippen LogP) is 9.41. The van der Waals surface area contributed by atoms with E-state index >= 15 is 0 Å². The second kappa shape index (κ2) is 9.59. The van der Waals surface area contributed by atoms with Crippen molar-refractivity contribution in [1.29, 1.82) is 0 Å². The molecule has 212 valence electrons. The van der Waals surface area contributed by atoms with Crippen LogP contribution in [-0.4, -0.2) is 15.0 Å². The van der Waals surface area contributed by atoms with Gasteiger partial charge in [-0.3, -0.25) is 0 Å². The van der Waals surface area contributed by atoms with Gasteiger partial charge in [0, 0.05) is 11.0 Å². The van der Waals surface area contributed by atoms with E-state index < -0.39 is 5.41 Å². The molecule has 4 fully saturated rings. The Kier molecular flexibility index (Phi) is 5.72. The van der Waals surface area contributed by atoms with E-state index in [2.05, 4.69) is 103 Å². The number of aromatic nitrogens is 3. The number of fused-ring (bicyclic) bond motifs is 4. The molecular weight excluding hydrogens is 546 g/mol. The molecule has 3 nitrogen and oxygen atoms in total. The smallest absolute Gasteiger partial charge is 0.212 e. The molecule has 0 aliphatic heterocycles. The van der Waals surface area contributed by atoms with Gasteiger partial charge in [0.1, 0.15) is 5.82 Å². The molecule has 5 aliphatic carbocycles. The van der Waals surface area contributed by atoms with Gasteiger partial charge in [-0.05, 0) is 114 Å². The molecule has 1 aromatic heterocycles. The lowest BCUT2D eigenvalue weighted by Crippen LogP contribution is -2.38. The van der Waals surface area contributed by atoms with E-state index in [0.717, 1.165) is 29.1 Å². The summed E-state index contributed by atoms with van der Waals surface area (Å²) in [7, 11) is 0. The minimum atomic E-state index is -0.457. The molecular formula is C39H34ClN3. The van der Waals surface area contributed by atoms with Crippen LogP contribution in [0, 0.1) is 17.8 Å². The molecule has 0 spiro atoms. The fourth-order valence-corrected chi connectivity index (χ4v) is 9.90. The van der Waals surface area contributed by atoms with Crippen LogP contribution in [0.3, 0.4) is 0 Å². The van der Waals surface area contributed by atoms with Gasteiger partial charge >= 0.3 is 0 Å². The third-order valence-corrected chi connectivity index (χ3v) is 11.4. The maximum absolute atomic E-state index is 6.76. The monoisotopic (exact) mass is 579 g/mol. The lowest BCUT2D eigenvalue weighted by molar-refractivity contribution is 0.109. The highest BCUT2D eigenvalue weighted by Gasteiger charge is 2.50. The molecule has 0 amide bonds. The Morgan fingerprint density at radius 1 is 0.605 bits per heavy atom. The number of rotatable bonds is 4. The molecule has 0 N–H and O–H groups in total. The van der Waals surface area contributed by atoms with Crippen LogP contribution in [-0.2, 0) is 10.8 Å². The van der Waals surface area contributed by atoms with E-state index in [-0.39, 0.29) is 5.41 Å². The third kappa shape index (κ3) is 3.83. The Hall–Kier alpha value is -3.82. The van der Waals surface area contributed by atoms with E-state index in [0.29, 0.717) is 11.1 Å². The van der Waals surface area contributed by atoms with Crippen molar-refractivity contribution in [3.63, 3.8) is 0 Å². The zero-order chi connectivity index (χ0) is 28.6. The first kappa shape index (κ1) is 25.7. The number of hydrogen-bond acceptors (Lipinski definition) is 3. The van der Waals surface area contributed by atoms with Gasteiger partial charge in [0.25, 0.3) is 0 Å². The molecule has 5 aromatic rings. The summed E-state index contributed by atoms with van der Waals surface area (Å²) in [5, 5.41) is 0.314. The van der Waals surface area contributed by atoms with E-state index in [4.69, 9.17) is 26.6 Å². The van der Waals surface area contributed by atoms with Gasteiger partial charge in [0.05, 0.1) is 5.41 Å². The summed E-state index contributed by atoms with van der Waals surface area (Å²) < 4.78 is 0. The summed E-state index contributed by atoms with van der Waals surface area (Å²) in [6.45, 7) is 0. The first-order valence-corrected chi connectivity index (χ1v) is 16.3. The molecule has 4 aromatic carbocycles. The Balaban J connectivity index is 1.25. The summed E-state index contributed by atoms with van der Waals surface area (Å²) >= 11 is 6.76. The normalized spacial score (nSPS) is 26.1. The summed E-state index contributed by atoms with van der Waals surface area (Å²) in [5.41, 5.74) is 8.17. The van der Waals surface area contributed by atoms with Crippen LogP contribution in [0.15, 0.2) is 103 Å². The molecule has 10 rings (SSSR count). The van der Waals surface area contributed by atoms with Crippen molar-refractivity contribution in [2.45, 2.75) is 55.8 Å². The van der Waals surface area contributed by atoms with Crippen molar-refractivity contribution < 1.29 is 0 Å². The lowest BCUT2D eigenvalue weighted by atomic mass is 9.61. The highest BCUT2D eigenvalue weighted by atomic mass is 35.5. The van der Waals surface area contributed by atoms with Gasteiger partial charge in [-0.15, -0.1) is 0 Å². The lowest BCUT2D eigenvalue weighted by Gasteiger charge is -2.44. The van der Waals surface area contributed by atoms with Crippen molar-refractivity contribution in [3.8, 4) is 22.5 Å².